The van der Waals surface area contributed by atoms with Gasteiger partial charge in [-0.05, 0) is 42.6 Å². The maximum atomic E-state index is 12.9. The Hall–Kier alpha value is -2.57. The zero-order valence-corrected chi connectivity index (χ0v) is 17.5. The summed E-state index contributed by atoms with van der Waals surface area (Å²) in [5, 5.41) is 4.89. The van der Waals surface area contributed by atoms with E-state index < -0.39 is 0 Å². The molecule has 28 heavy (non-hydrogen) atoms. The molecular formula is C22H22N2O2S2. The third-order valence-electron chi connectivity index (χ3n) is 4.13. The van der Waals surface area contributed by atoms with Crippen LogP contribution >= 0.6 is 23.1 Å². The fourth-order valence-corrected chi connectivity index (χ4v) is 4.26. The summed E-state index contributed by atoms with van der Waals surface area (Å²) in [7, 11) is 1.80. The van der Waals surface area contributed by atoms with Gasteiger partial charge in [0.1, 0.15) is 0 Å². The maximum absolute atomic E-state index is 12.9. The second kappa shape index (κ2) is 9.57. The van der Waals surface area contributed by atoms with Gasteiger partial charge < -0.3 is 10.2 Å². The number of anilines is 1. The molecule has 0 aliphatic heterocycles. The Kier molecular flexibility index (Phi) is 6.90. The summed E-state index contributed by atoms with van der Waals surface area (Å²) in [6.45, 7) is 2.58. The van der Waals surface area contributed by atoms with Crippen molar-refractivity contribution in [3.05, 3.63) is 82.0 Å². The third kappa shape index (κ3) is 5.47. The molecule has 1 aromatic heterocycles. The molecule has 1 heterocycles. The molecule has 0 spiro atoms. The summed E-state index contributed by atoms with van der Waals surface area (Å²) >= 11 is 3.01. The minimum atomic E-state index is -0.0944. The summed E-state index contributed by atoms with van der Waals surface area (Å²) in [5.41, 5.74) is 2.54. The molecule has 1 N–H and O–H groups in total. The molecule has 0 radical (unpaired) electrons. The number of hydrogen-bond acceptors (Lipinski definition) is 4. The highest BCUT2D eigenvalue weighted by Crippen LogP contribution is 2.25. The van der Waals surface area contributed by atoms with Crippen LogP contribution < -0.4 is 5.32 Å². The number of rotatable bonds is 7. The molecule has 4 nitrogen and oxygen atoms in total. The molecule has 0 saturated carbocycles. The van der Waals surface area contributed by atoms with E-state index in [4.69, 9.17) is 0 Å². The Labute approximate surface area is 173 Å². The predicted molar refractivity (Wildman–Crippen MR) is 117 cm³/mol. The lowest BCUT2D eigenvalue weighted by molar-refractivity contribution is -0.113. The van der Waals surface area contributed by atoms with E-state index in [1.807, 2.05) is 73.0 Å². The topological polar surface area (TPSA) is 49.4 Å². The molecular weight excluding hydrogens is 388 g/mol. The average molecular weight is 411 g/mol. The van der Waals surface area contributed by atoms with Gasteiger partial charge in [-0.25, -0.2) is 0 Å². The van der Waals surface area contributed by atoms with Gasteiger partial charge in [0.25, 0.3) is 5.91 Å². The van der Waals surface area contributed by atoms with Gasteiger partial charge in [0, 0.05) is 22.5 Å². The number of benzene rings is 2. The number of amides is 2. The molecule has 0 fully saturated rings. The first-order valence-corrected chi connectivity index (χ1v) is 10.8. The van der Waals surface area contributed by atoms with Crippen LogP contribution in [0.15, 0.2) is 70.9 Å². The third-order valence-corrected chi connectivity index (χ3v) is 6.07. The smallest absolute Gasteiger partial charge is 0.255 e. The van der Waals surface area contributed by atoms with Gasteiger partial charge in [0.15, 0.2) is 0 Å². The Morgan fingerprint density at radius 1 is 1.04 bits per heavy atom. The lowest BCUT2D eigenvalue weighted by Crippen LogP contribution is -2.26. The van der Waals surface area contributed by atoms with E-state index in [2.05, 4.69) is 5.32 Å². The molecule has 0 aliphatic carbocycles. The summed E-state index contributed by atoms with van der Waals surface area (Å²) in [6, 6.07) is 19.1. The number of carbonyl (C=O) groups is 2. The van der Waals surface area contributed by atoms with Gasteiger partial charge in [0.05, 0.1) is 17.9 Å². The first-order chi connectivity index (χ1) is 13.5. The van der Waals surface area contributed by atoms with Gasteiger partial charge in [-0.1, -0.05) is 35.9 Å². The maximum Gasteiger partial charge on any atom is 0.255 e. The van der Waals surface area contributed by atoms with Crippen LogP contribution in [0.1, 0.15) is 20.8 Å². The Balaban J connectivity index is 1.62. The Morgan fingerprint density at radius 3 is 2.50 bits per heavy atom. The molecule has 2 amide bonds. The molecule has 0 bridgehead atoms. The van der Waals surface area contributed by atoms with Crippen molar-refractivity contribution < 1.29 is 9.59 Å². The van der Waals surface area contributed by atoms with Crippen LogP contribution in [-0.4, -0.2) is 29.5 Å². The minimum absolute atomic E-state index is 0.0459. The van der Waals surface area contributed by atoms with Crippen LogP contribution in [0.4, 0.5) is 5.69 Å². The van der Waals surface area contributed by atoms with Gasteiger partial charge in [0.2, 0.25) is 5.91 Å². The molecule has 0 saturated heterocycles. The normalized spacial score (nSPS) is 10.5. The summed E-state index contributed by atoms with van der Waals surface area (Å²) < 4.78 is 0. The highest BCUT2D eigenvalue weighted by Gasteiger charge is 2.17. The number of nitrogens with one attached hydrogen (secondary N) is 1. The predicted octanol–water partition coefficient (Wildman–Crippen LogP) is 5.06. The fraction of sp³-hybridized carbons (Fsp3) is 0.182. The van der Waals surface area contributed by atoms with E-state index in [9.17, 15) is 9.59 Å². The number of carbonyl (C=O) groups excluding carboxylic acids is 2. The fourth-order valence-electron chi connectivity index (χ4n) is 2.66. The zero-order valence-electron chi connectivity index (χ0n) is 15.8. The van der Waals surface area contributed by atoms with E-state index >= 15 is 0 Å². The van der Waals surface area contributed by atoms with Crippen LogP contribution in [0.5, 0.6) is 0 Å². The van der Waals surface area contributed by atoms with Crippen molar-refractivity contribution in [3.63, 3.8) is 0 Å². The molecule has 3 rings (SSSR count). The number of thioether (sulfide) groups is 1. The van der Waals surface area contributed by atoms with Gasteiger partial charge >= 0.3 is 0 Å². The van der Waals surface area contributed by atoms with Crippen molar-refractivity contribution >= 4 is 40.6 Å². The lowest BCUT2D eigenvalue weighted by atomic mass is 10.2. The van der Waals surface area contributed by atoms with Gasteiger partial charge in [-0.2, -0.15) is 0 Å². The molecule has 0 unspecified atom stereocenters. The first kappa shape index (κ1) is 20.2. The molecule has 2 aromatic carbocycles. The van der Waals surface area contributed by atoms with E-state index in [0.717, 1.165) is 21.0 Å². The number of nitrogens with zero attached hydrogens (tertiary/aromatic N) is 1. The standard InChI is InChI=1S/C22H22N2O2S2/c1-16-9-11-17(12-10-16)23-21(25)15-28-20-8-4-3-7-19(20)22(26)24(2)14-18-6-5-13-27-18/h3-13H,14-15H2,1-2H3,(H,23,25). The van der Waals surface area contributed by atoms with Crippen molar-refractivity contribution in [3.8, 4) is 0 Å². The van der Waals surface area contributed by atoms with Crippen molar-refractivity contribution in [2.45, 2.75) is 18.4 Å². The van der Waals surface area contributed by atoms with Gasteiger partial charge in [-0.3, -0.25) is 9.59 Å². The Bertz CT molecular complexity index is 937. The monoisotopic (exact) mass is 410 g/mol. The summed E-state index contributed by atoms with van der Waals surface area (Å²) in [6.07, 6.45) is 0. The summed E-state index contributed by atoms with van der Waals surface area (Å²) in [5.74, 6) is 0.103. The van der Waals surface area contributed by atoms with Crippen LogP contribution in [0.3, 0.4) is 0 Å². The van der Waals surface area contributed by atoms with E-state index in [1.165, 1.54) is 11.8 Å². The van der Waals surface area contributed by atoms with E-state index in [1.54, 1.807) is 23.3 Å². The molecule has 0 aliphatic rings. The van der Waals surface area contributed by atoms with Crippen molar-refractivity contribution in [2.75, 3.05) is 18.1 Å². The highest BCUT2D eigenvalue weighted by molar-refractivity contribution is 8.00. The first-order valence-electron chi connectivity index (χ1n) is 8.89. The second-order valence-electron chi connectivity index (χ2n) is 6.44. The number of thiophene rings is 1. The van der Waals surface area contributed by atoms with Crippen LogP contribution in [-0.2, 0) is 11.3 Å². The van der Waals surface area contributed by atoms with Crippen molar-refractivity contribution in [1.82, 2.24) is 4.90 Å². The molecule has 144 valence electrons. The second-order valence-corrected chi connectivity index (χ2v) is 8.49. The zero-order chi connectivity index (χ0) is 19.9. The molecule has 6 heteroatoms. The van der Waals surface area contributed by atoms with Crippen LogP contribution in [0, 0.1) is 6.92 Å². The lowest BCUT2D eigenvalue weighted by Gasteiger charge is -2.18. The average Bonchev–Trinajstić information content (AvgIpc) is 3.21. The van der Waals surface area contributed by atoms with E-state index in [-0.39, 0.29) is 17.6 Å². The molecule has 3 aromatic rings. The van der Waals surface area contributed by atoms with Crippen molar-refractivity contribution in [2.24, 2.45) is 0 Å². The minimum Gasteiger partial charge on any atom is -0.337 e. The Morgan fingerprint density at radius 2 is 1.79 bits per heavy atom. The van der Waals surface area contributed by atoms with Crippen LogP contribution in [0.2, 0.25) is 0 Å². The number of aryl methyl sites for hydroxylation is 1. The van der Waals surface area contributed by atoms with Crippen LogP contribution in [0.25, 0.3) is 0 Å². The van der Waals surface area contributed by atoms with Gasteiger partial charge in [-0.15, -0.1) is 23.1 Å². The highest BCUT2D eigenvalue weighted by atomic mass is 32.2. The SMILES string of the molecule is Cc1ccc(NC(=O)CSc2ccccc2C(=O)N(C)Cc2cccs2)cc1. The summed E-state index contributed by atoms with van der Waals surface area (Å²) in [4.78, 5) is 28.8. The molecule has 0 atom stereocenters. The number of hydrogen-bond donors (Lipinski definition) is 1. The van der Waals surface area contributed by atoms with E-state index in [0.29, 0.717) is 12.1 Å². The quantitative estimate of drug-likeness (QED) is 0.554. The largest absolute Gasteiger partial charge is 0.337 e. The van der Waals surface area contributed by atoms with Crippen molar-refractivity contribution in [1.29, 1.82) is 0 Å².